The maximum Gasteiger partial charge on any atom is 0.379 e. The maximum absolute atomic E-state index is 11.6. The van der Waals surface area contributed by atoms with Gasteiger partial charge in [0.1, 0.15) is 5.75 Å². The van der Waals surface area contributed by atoms with Crippen molar-refractivity contribution >= 4 is 11.9 Å². The van der Waals surface area contributed by atoms with Crippen molar-refractivity contribution in [3.63, 3.8) is 0 Å². The van der Waals surface area contributed by atoms with E-state index in [1.807, 2.05) is 0 Å². The average Bonchev–Trinajstić information content (AvgIpc) is 2.93. The molecule has 0 atom stereocenters. The van der Waals surface area contributed by atoms with Crippen LogP contribution in [0.3, 0.4) is 0 Å². The SMILES string of the molecule is CCOC(=O)c1cccc(OC(=O)c2ccco2)c1. The molecule has 0 spiro atoms. The number of carbonyl (C=O) groups excluding carboxylic acids is 2. The van der Waals surface area contributed by atoms with Gasteiger partial charge in [-0.3, -0.25) is 0 Å². The quantitative estimate of drug-likeness (QED) is 0.624. The average molecular weight is 260 g/mol. The first-order valence-electron chi connectivity index (χ1n) is 5.73. The van der Waals surface area contributed by atoms with E-state index >= 15 is 0 Å². The molecule has 5 nitrogen and oxygen atoms in total. The van der Waals surface area contributed by atoms with Gasteiger partial charge in [-0.05, 0) is 37.3 Å². The number of hydrogen-bond acceptors (Lipinski definition) is 5. The number of furan rings is 1. The van der Waals surface area contributed by atoms with Crippen LogP contribution in [0.5, 0.6) is 5.75 Å². The number of benzene rings is 1. The Hall–Kier alpha value is -2.56. The van der Waals surface area contributed by atoms with E-state index in [-0.39, 0.29) is 18.1 Å². The summed E-state index contributed by atoms with van der Waals surface area (Å²) in [6.45, 7) is 2.01. The van der Waals surface area contributed by atoms with Crippen molar-refractivity contribution in [2.75, 3.05) is 6.61 Å². The van der Waals surface area contributed by atoms with Gasteiger partial charge in [-0.15, -0.1) is 0 Å². The van der Waals surface area contributed by atoms with Crippen molar-refractivity contribution < 1.29 is 23.5 Å². The molecule has 1 heterocycles. The van der Waals surface area contributed by atoms with Crippen LogP contribution in [0.2, 0.25) is 0 Å². The summed E-state index contributed by atoms with van der Waals surface area (Å²) in [4.78, 5) is 23.2. The number of rotatable bonds is 4. The highest BCUT2D eigenvalue weighted by Crippen LogP contribution is 2.16. The third-order valence-electron chi connectivity index (χ3n) is 2.28. The molecular formula is C14H12O5. The van der Waals surface area contributed by atoms with Gasteiger partial charge in [-0.1, -0.05) is 6.07 Å². The Labute approximate surface area is 109 Å². The van der Waals surface area contributed by atoms with Crippen LogP contribution in [0.25, 0.3) is 0 Å². The van der Waals surface area contributed by atoms with E-state index < -0.39 is 11.9 Å². The minimum absolute atomic E-state index is 0.0986. The predicted octanol–water partition coefficient (Wildman–Crippen LogP) is 2.68. The molecule has 0 N–H and O–H groups in total. The molecule has 1 aromatic heterocycles. The van der Waals surface area contributed by atoms with Gasteiger partial charge in [0.05, 0.1) is 18.4 Å². The first-order valence-corrected chi connectivity index (χ1v) is 5.73. The molecule has 0 aliphatic heterocycles. The lowest BCUT2D eigenvalue weighted by atomic mass is 10.2. The second kappa shape index (κ2) is 5.86. The fraction of sp³-hybridized carbons (Fsp3) is 0.143. The van der Waals surface area contributed by atoms with E-state index in [4.69, 9.17) is 13.9 Å². The number of carbonyl (C=O) groups is 2. The minimum atomic E-state index is -0.619. The first-order chi connectivity index (χ1) is 9.20. The second-order valence-corrected chi connectivity index (χ2v) is 3.62. The summed E-state index contributed by atoms with van der Waals surface area (Å²) in [5, 5.41) is 0. The van der Waals surface area contributed by atoms with E-state index in [9.17, 15) is 9.59 Å². The smallest absolute Gasteiger partial charge is 0.379 e. The molecule has 2 rings (SSSR count). The molecule has 0 saturated carbocycles. The topological polar surface area (TPSA) is 65.7 Å². The monoisotopic (exact) mass is 260 g/mol. The van der Waals surface area contributed by atoms with Gasteiger partial charge < -0.3 is 13.9 Å². The maximum atomic E-state index is 11.6. The van der Waals surface area contributed by atoms with E-state index in [1.54, 1.807) is 31.2 Å². The van der Waals surface area contributed by atoms with Crippen LogP contribution >= 0.6 is 0 Å². The summed E-state index contributed by atoms with van der Waals surface area (Å²) in [7, 11) is 0. The van der Waals surface area contributed by atoms with Crippen molar-refractivity contribution in [1.29, 1.82) is 0 Å². The Balaban J connectivity index is 2.11. The summed E-state index contributed by atoms with van der Waals surface area (Å²) in [5.41, 5.74) is 0.326. The van der Waals surface area contributed by atoms with Crippen LogP contribution in [0, 0.1) is 0 Å². The third-order valence-corrected chi connectivity index (χ3v) is 2.28. The largest absolute Gasteiger partial charge is 0.462 e. The minimum Gasteiger partial charge on any atom is -0.462 e. The Bertz CT molecular complexity index is 571. The lowest BCUT2D eigenvalue weighted by Gasteiger charge is -2.05. The highest BCUT2D eigenvalue weighted by molar-refractivity contribution is 5.91. The molecule has 0 aliphatic rings. The zero-order valence-electron chi connectivity index (χ0n) is 10.3. The Morgan fingerprint density at radius 3 is 2.68 bits per heavy atom. The molecule has 19 heavy (non-hydrogen) atoms. The van der Waals surface area contributed by atoms with Crippen molar-refractivity contribution in [3.8, 4) is 5.75 Å². The van der Waals surface area contributed by atoms with E-state index in [0.29, 0.717) is 5.56 Å². The Kier molecular flexibility index (Phi) is 3.97. The zero-order chi connectivity index (χ0) is 13.7. The molecule has 0 bridgehead atoms. The second-order valence-electron chi connectivity index (χ2n) is 3.62. The Morgan fingerprint density at radius 1 is 1.16 bits per heavy atom. The molecule has 98 valence electrons. The molecular weight excluding hydrogens is 248 g/mol. The fourth-order valence-corrected chi connectivity index (χ4v) is 1.45. The van der Waals surface area contributed by atoms with Crippen molar-refractivity contribution in [1.82, 2.24) is 0 Å². The predicted molar refractivity (Wildman–Crippen MR) is 66.1 cm³/mol. The van der Waals surface area contributed by atoms with Crippen LogP contribution in [0.1, 0.15) is 27.8 Å². The van der Waals surface area contributed by atoms with Crippen LogP contribution < -0.4 is 4.74 Å². The van der Waals surface area contributed by atoms with E-state index in [0.717, 1.165) is 0 Å². The lowest BCUT2D eigenvalue weighted by Crippen LogP contribution is -2.09. The van der Waals surface area contributed by atoms with Gasteiger partial charge in [0.2, 0.25) is 5.76 Å². The van der Waals surface area contributed by atoms with E-state index in [1.165, 1.54) is 18.4 Å². The fourth-order valence-electron chi connectivity index (χ4n) is 1.45. The first kappa shape index (κ1) is 12.9. The number of ether oxygens (including phenoxy) is 2. The van der Waals surface area contributed by atoms with Crippen LogP contribution in [0.15, 0.2) is 47.1 Å². The highest BCUT2D eigenvalue weighted by atomic mass is 16.5. The van der Waals surface area contributed by atoms with Gasteiger partial charge in [0.25, 0.3) is 0 Å². The van der Waals surface area contributed by atoms with Gasteiger partial charge in [0.15, 0.2) is 0 Å². The summed E-state index contributed by atoms with van der Waals surface area (Å²) in [5.74, 6) is -0.724. The van der Waals surface area contributed by atoms with Gasteiger partial charge in [-0.2, -0.15) is 0 Å². The standard InChI is InChI=1S/C14H12O5/c1-2-17-13(15)10-5-3-6-11(9-10)19-14(16)12-7-4-8-18-12/h3-9H,2H2,1H3. The lowest BCUT2D eigenvalue weighted by molar-refractivity contribution is 0.0524. The molecule has 0 unspecified atom stereocenters. The zero-order valence-corrected chi connectivity index (χ0v) is 10.3. The van der Waals surface area contributed by atoms with Crippen molar-refractivity contribution in [2.24, 2.45) is 0 Å². The highest BCUT2D eigenvalue weighted by Gasteiger charge is 2.13. The molecule has 5 heteroatoms. The number of esters is 2. The molecule has 0 saturated heterocycles. The summed E-state index contributed by atoms with van der Waals surface area (Å²) >= 11 is 0. The molecule has 0 aliphatic carbocycles. The third kappa shape index (κ3) is 3.22. The molecule has 2 aromatic rings. The molecule has 0 fully saturated rings. The van der Waals surface area contributed by atoms with E-state index in [2.05, 4.69) is 0 Å². The molecule has 0 amide bonds. The summed E-state index contributed by atoms with van der Waals surface area (Å²) in [6.07, 6.45) is 1.38. The molecule has 0 radical (unpaired) electrons. The van der Waals surface area contributed by atoms with Crippen LogP contribution in [-0.4, -0.2) is 18.5 Å². The number of hydrogen-bond donors (Lipinski definition) is 0. The van der Waals surface area contributed by atoms with Gasteiger partial charge in [0, 0.05) is 0 Å². The summed E-state index contributed by atoms with van der Waals surface area (Å²) < 4.78 is 14.9. The molecule has 1 aromatic carbocycles. The normalized spacial score (nSPS) is 9.95. The van der Waals surface area contributed by atoms with Gasteiger partial charge >= 0.3 is 11.9 Å². The summed E-state index contributed by atoms with van der Waals surface area (Å²) in [6, 6.07) is 9.30. The van der Waals surface area contributed by atoms with Crippen molar-refractivity contribution in [3.05, 3.63) is 54.0 Å². The Morgan fingerprint density at radius 2 is 2.00 bits per heavy atom. The van der Waals surface area contributed by atoms with Crippen LogP contribution in [-0.2, 0) is 4.74 Å². The van der Waals surface area contributed by atoms with Crippen molar-refractivity contribution in [2.45, 2.75) is 6.92 Å². The van der Waals surface area contributed by atoms with Crippen LogP contribution in [0.4, 0.5) is 0 Å². The van der Waals surface area contributed by atoms with Gasteiger partial charge in [-0.25, -0.2) is 9.59 Å².